The zero-order valence-electron chi connectivity index (χ0n) is 18.8. The number of amides is 1. The predicted molar refractivity (Wildman–Crippen MR) is 142 cm³/mol. The highest BCUT2D eigenvalue weighted by Crippen LogP contribution is 2.30. The SMILES string of the molecule is C/C(=C\c1ccccc1)C(=O)NCCCCNc1cc(-c2ccccc2Cl)nc2c(Br)cnn12. The van der Waals surface area contributed by atoms with Crippen molar-refractivity contribution in [2.75, 3.05) is 18.4 Å². The predicted octanol–water partition coefficient (Wildman–Crippen LogP) is 6.22. The Morgan fingerprint density at radius 2 is 1.82 bits per heavy atom. The van der Waals surface area contributed by atoms with Crippen molar-refractivity contribution in [3.63, 3.8) is 0 Å². The van der Waals surface area contributed by atoms with Crippen LogP contribution in [0.5, 0.6) is 0 Å². The third kappa shape index (κ3) is 5.85. The average molecular weight is 539 g/mol. The number of unbranched alkanes of at least 4 members (excludes halogenated alkanes) is 1. The zero-order valence-corrected chi connectivity index (χ0v) is 21.1. The van der Waals surface area contributed by atoms with E-state index < -0.39 is 0 Å². The summed E-state index contributed by atoms with van der Waals surface area (Å²) in [5, 5.41) is 11.5. The second-order valence-corrected chi connectivity index (χ2v) is 9.12. The van der Waals surface area contributed by atoms with Crippen molar-refractivity contribution < 1.29 is 4.79 Å². The molecule has 0 aliphatic carbocycles. The van der Waals surface area contributed by atoms with Gasteiger partial charge in [0, 0.05) is 35.3 Å². The molecule has 34 heavy (non-hydrogen) atoms. The Balaban J connectivity index is 1.33. The van der Waals surface area contributed by atoms with Crippen LogP contribution >= 0.6 is 27.5 Å². The number of carbonyl (C=O) groups is 1. The number of halogens is 2. The first kappa shape index (κ1) is 24.0. The minimum absolute atomic E-state index is 0.0431. The van der Waals surface area contributed by atoms with Crippen molar-refractivity contribution in [1.29, 1.82) is 0 Å². The Morgan fingerprint density at radius 1 is 1.09 bits per heavy atom. The third-order valence-electron chi connectivity index (χ3n) is 5.31. The van der Waals surface area contributed by atoms with Crippen LogP contribution in [0.4, 0.5) is 5.82 Å². The molecule has 2 N–H and O–H groups in total. The number of benzene rings is 2. The Morgan fingerprint density at radius 3 is 2.62 bits per heavy atom. The van der Waals surface area contributed by atoms with E-state index in [1.807, 2.05) is 73.7 Å². The molecular formula is C26H25BrClN5O. The van der Waals surface area contributed by atoms with Crippen LogP contribution < -0.4 is 10.6 Å². The number of hydrogen-bond donors (Lipinski definition) is 2. The molecule has 0 spiro atoms. The smallest absolute Gasteiger partial charge is 0.246 e. The summed E-state index contributed by atoms with van der Waals surface area (Å²) in [5.74, 6) is 0.787. The second kappa shape index (κ2) is 11.3. The van der Waals surface area contributed by atoms with Crippen LogP contribution in [0.25, 0.3) is 23.0 Å². The summed E-state index contributed by atoms with van der Waals surface area (Å²) >= 11 is 9.92. The maximum absolute atomic E-state index is 12.3. The fourth-order valence-electron chi connectivity index (χ4n) is 3.54. The monoisotopic (exact) mass is 537 g/mol. The lowest BCUT2D eigenvalue weighted by atomic mass is 10.1. The number of rotatable bonds is 9. The molecule has 0 fully saturated rings. The Bertz CT molecular complexity index is 1320. The Labute approximate surface area is 212 Å². The minimum Gasteiger partial charge on any atom is -0.370 e. The van der Waals surface area contributed by atoms with Gasteiger partial charge in [-0.05, 0) is 53.4 Å². The Kier molecular flexibility index (Phi) is 7.98. The number of carbonyl (C=O) groups excluding carboxylic acids is 1. The normalized spacial score (nSPS) is 11.6. The van der Waals surface area contributed by atoms with Gasteiger partial charge in [-0.3, -0.25) is 4.79 Å². The van der Waals surface area contributed by atoms with Crippen molar-refractivity contribution in [2.45, 2.75) is 19.8 Å². The van der Waals surface area contributed by atoms with E-state index in [-0.39, 0.29) is 5.91 Å². The minimum atomic E-state index is -0.0431. The highest BCUT2D eigenvalue weighted by atomic mass is 79.9. The van der Waals surface area contributed by atoms with Crippen LogP contribution in [-0.4, -0.2) is 33.6 Å². The van der Waals surface area contributed by atoms with Crippen molar-refractivity contribution in [3.05, 3.63) is 87.5 Å². The molecule has 0 aliphatic rings. The summed E-state index contributed by atoms with van der Waals surface area (Å²) in [4.78, 5) is 17.0. The molecule has 4 rings (SSSR count). The van der Waals surface area contributed by atoms with E-state index in [4.69, 9.17) is 16.6 Å². The van der Waals surface area contributed by atoms with Gasteiger partial charge in [-0.1, -0.05) is 60.1 Å². The standard InChI is InChI=1S/C26H25BrClN5O/c1-18(15-19-9-3-2-4-10-19)26(34)30-14-8-7-13-29-24-16-23(20-11-5-6-12-22(20)28)32-25-21(27)17-31-33(24)25/h2-6,9-12,15-17,29H,7-8,13-14H2,1H3,(H,30,34)/b18-15+. The first-order valence-corrected chi connectivity index (χ1v) is 12.2. The van der Waals surface area contributed by atoms with Crippen molar-refractivity contribution >= 4 is 51.0 Å². The molecule has 4 aromatic rings. The van der Waals surface area contributed by atoms with E-state index in [1.54, 1.807) is 10.7 Å². The number of fused-ring (bicyclic) bond motifs is 1. The van der Waals surface area contributed by atoms with Gasteiger partial charge in [-0.2, -0.15) is 9.61 Å². The van der Waals surface area contributed by atoms with Gasteiger partial charge in [0.2, 0.25) is 5.91 Å². The molecule has 0 saturated carbocycles. The molecule has 0 aliphatic heterocycles. The van der Waals surface area contributed by atoms with Gasteiger partial charge in [-0.25, -0.2) is 4.98 Å². The van der Waals surface area contributed by atoms with Gasteiger partial charge in [0.1, 0.15) is 5.82 Å². The molecule has 6 nitrogen and oxygen atoms in total. The van der Waals surface area contributed by atoms with Crippen molar-refractivity contribution in [3.8, 4) is 11.3 Å². The van der Waals surface area contributed by atoms with Crippen LogP contribution in [0.1, 0.15) is 25.3 Å². The van der Waals surface area contributed by atoms with E-state index in [0.717, 1.165) is 46.5 Å². The number of nitrogens with zero attached hydrogens (tertiary/aromatic N) is 3. The maximum atomic E-state index is 12.3. The van der Waals surface area contributed by atoms with Crippen molar-refractivity contribution in [2.24, 2.45) is 0 Å². The fraction of sp³-hybridized carbons (Fsp3) is 0.192. The highest BCUT2D eigenvalue weighted by Gasteiger charge is 2.13. The summed E-state index contributed by atoms with van der Waals surface area (Å²) < 4.78 is 2.58. The van der Waals surface area contributed by atoms with Gasteiger partial charge in [0.05, 0.1) is 16.4 Å². The summed E-state index contributed by atoms with van der Waals surface area (Å²) in [7, 11) is 0. The zero-order chi connectivity index (χ0) is 23.9. The molecule has 1 amide bonds. The lowest BCUT2D eigenvalue weighted by Gasteiger charge is -2.12. The molecule has 2 aromatic heterocycles. The number of nitrogens with one attached hydrogen (secondary N) is 2. The highest BCUT2D eigenvalue weighted by molar-refractivity contribution is 9.10. The molecule has 8 heteroatoms. The number of anilines is 1. The van der Waals surface area contributed by atoms with Gasteiger partial charge in [0.25, 0.3) is 0 Å². The molecule has 0 unspecified atom stereocenters. The summed E-state index contributed by atoms with van der Waals surface area (Å²) in [6, 6.07) is 19.4. The van der Waals surface area contributed by atoms with E-state index in [0.29, 0.717) is 22.8 Å². The largest absolute Gasteiger partial charge is 0.370 e. The molecule has 0 atom stereocenters. The first-order valence-electron chi connectivity index (χ1n) is 11.1. The van der Waals surface area contributed by atoms with E-state index >= 15 is 0 Å². The number of aromatic nitrogens is 3. The van der Waals surface area contributed by atoms with E-state index in [1.165, 1.54) is 0 Å². The van der Waals surface area contributed by atoms with Crippen LogP contribution in [-0.2, 0) is 4.79 Å². The summed E-state index contributed by atoms with van der Waals surface area (Å²) in [5.41, 5.74) is 4.07. The average Bonchev–Trinajstić information content (AvgIpc) is 3.22. The third-order valence-corrected chi connectivity index (χ3v) is 6.20. The van der Waals surface area contributed by atoms with Gasteiger partial charge < -0.3 is 10.6 Å². The molecule has 174 valence electrons. The van der Waals surface area contributed by atoms with Gasteiger partial charge >= 0.3 is 0 Å². The molecule has 0 saturated heterocycles. The maximum Gasteiger partial charge on any atom is 0.246 e. The molecule has 2 aromatic carbocycles. The van der Waals surface area contributed by atoms with Crippen LogP contribution in [0.3, 0.4) is 0 Å². The van der Waals surface area contributed by atoms with E-state index in [9.17, 15) is 4.79 Å². The quantitative estimate of drug-likeness (QED) is 0.196. The fourth-order valence-corrected chi connectivity index (χ4v) is 4.12. The summed E-state index contributed by atoms with van der Waals surface area (Å²) in [6.45, 7) is 3.18. The first-order chi connectivity index (χ1) is 16.5. The van der Waals surface area contributed by atoms with Crippen LogP contribution in [0, 0.1) is 0 Å². The molecule has 0 bridgehead atoms. The van der Waals surface area contributed by atoms with Crippen molar-refractivity contribution in [1.82, 2.24) is 19.9 Å². The van der Waals surface area contributed by atoms with Crippen LogP contribution in [0.15, 0.2) is 76.9 Å². The second-order valence-electron chi connectivity index (χ2n) is 7.86. The van der Waals surface area contributed by atoms with Crippen LogP contribution in [0.2, 0.25) is 5.02 Å². The lowest BCUT2D eigenvalue weighted by molar-refractivity contribution is -0.117. The topological polar surface area (TPSA) is 71.3 Å². The van der Waals surface area contributed by atoms with Gasteiger partial charge in [-0.15, -0.1) is 0 Å². The molecule has 2 heterocycles. The van der Waals surface area contributed by atoms with Gasteiger partial charge in [0.15, 0.2) is 5.65 Å². The summed E-state index contributed by atoms with van der Waals surface area (Å²) in [6.07, 6.45) is 5.36. The molecule has 0 radical (unpaired) electrons. The van der Waals surface area contributed by atoms with E-state index in [2.05, 4.69) is 31.7 Å². The molecular weight excluding hydrogens is 514 g/mol. The number of hydrogen-bond acceptors (Lipinski definition) is 4. The Hall–Kier alpha value is -3.16. The lowest BCUT2D eigenvalue weighted by Crippen LogP contribution is -2.25.